The van der Waals surface area contributed by atoms with Gasteiger partial charge in [-0.3, -0.25) is 4.90 Å². The van der Waals surface area contributed by atoms with E-state index in [1.807, 2.05) is 36.4 Å². The lowest BCUT2D eigenvalue weighted by Gasteiger charge is -2.27. The van der Waals surface area contributed by atoms with Crippen molar-refractivity contribution in [1.29, 1.82) is 0 Å². The van der Waals surface area contributed by atoms with Gasteiger partial charge < -0.3 is 24.3 Å². The maximum Gasteiger partial charge on any atom is 0.172 e. The molecule has 166 valence electrons. The van der Waals surface area contributed by atoms with Gasteiger partial charge in [-0.05, 0) is 18.2 Å². The van der Waals surface area contributed by atoms with Crippen LogP contribution in [0, 0.1) is 0 Å². The van der Waals surface area contributed by atoms with Crippen LogP contribution in [0.3, 0.4) is 0 Å². The molecule has 0 saturated carbocycles. The van der Waals surface area contributed by atoms with Crippen LogP contribution in [0.4, 0.5) is 5.69 Å². The summed E-state index contributed by atoms with van der Waals surface area (Å²) in [7, 11) is 1.65. The Kier molecular flexibility index (Phi) is 5.89. The molecule has 0 bridgehead atoms. The number of benzene rings is 2. The number of furan rings is 1. The molecule has 0 atom stereocenters. The molecule has 32 heavy (non-hydrogen) atoms. The van der Waals surface area contributed by atoms with Crippen molar-refractivity contribution in [3.05, 3.63) is 53.3 Å². The van der Waals surface area contributed by atoms with Crippen LogP contribution in [0.5, 0.6) is 11.5 Å². The fourth-order valence-electron chi connectivity index (χ4n) is 4.08. The molecule has 2 aliphatic rings. The van der Waals surface area contributed by atoms with Gasteiger partial charge in [0.05, 0.1) is 28.9 Å². The zero-order chi connectivity index (χ0) is 21.9. The molecule has 3 aromatic rings. The summed E-state index contributed by atoms with van der Waals surface area (Å²) in [6, 6.07) is 11.5. The summed E-state index contributed by atoms with van der Waals surface area (Å²) >= 11 is 0. The second kappa shape index (κ2) is 9.12. The number of aromatic hydroxyl groups is 1. The van der Waals surface area contributed by atoms with Gasteiger partial charge in [0.25, 0.3) is 0 Å². The van der Waals surface area contributed by atoms with E-state index in [2.05, 4.69) is 20.4 Å². The molecule has 0 radical (unpaired) electrons. The number of hydrogen-bond donors (Lipinski definition) is 2. The van der Waals surface area contributed by atoms with E-state index >= 15 is 0 Å². The number of piperazine rings is 1. The minimum Gasteiger partial charge on any atom is -0.504 e. The Morgan fingerprint density at radius 3 is 2.81 bits per heavy atom. The number of azo groups is 1. The second-order valence-corrected chi connectivity index (χ2v) is 7.85. The summed E-state index contributed by atoms with van der Waals surface area (Å²) < 4.78 is 17.3. The van der Waals surface area contributed by atoms with E-state index < -0.39 is 0 Å². The first-order chi connectivity index (χ1) is 15.7. The van der Waals surface area contributed by atoms with Crippen molar-refractivity contribution in [2.24, 2.45) is 10.2 Å². The summed E-state index contributed by atoms with van der Waals surface area (Å²) in [5.41, 5.74) is 3.94. The van der Waals surface area contributed by atoms with E-state index in [-0.39, 0.29) is 5.75 Å². The van der Waals surface area contributed by atoms with E-state index in [1.54, 1.807) is 13.2 Å². The third kappa shape index (κ3) is 4.00. The van der Waals surface area contributed by atoms with Crippen LogP contribution >= 0.6 is 0 Å². The van der Waals surface area contributed by atoms with Gasteiger partial charge in [0.15, 0.2) is 11.5 Å². The molecule has 0 aliphatic carbocycles. The van der Waals surface area contributed by atoms with Gasteiger partial charge >= 0.3 is 0 Å². The molecule has 0 spiro atoms. The second-order valence-electron chi connectivity index (χ2n) is 7.85. The predicted octanol–water partition coefficient (Wildman–Crippen LogP) is 4.16. The quantitative estimate of drug-likeness (QED) is 0.543. The number of nitrogens with zero attached hydrogens (tertiary/aromatic N) is 3. The molecule has 3 heterocycles. The van der Waals surface area contributed by atoms with Crippen LogP contribution in [0.1, 0.15) is 16.9 Å². The number of ether oxygens (including phenoxy) is 2. The van der Waals surface area contributed by atoms with Gasteiger partial charge in [0, 0.05) is 51.5 Å². The lowest BCUT2D eigenvalue weighted by atomic mass is 10.1. The summed E-state index contributed by atoms with van der Waals surface area (Å²) in [6.07, 6.45) is 1.74. The number of hydrogen-bond acceptors (Lipinski definition) is 8. The third-order valence-electron chi connectivity index (χ3n) is 5.77. The molecule has 1 saturated heterocycles. The third-order valence-corrected chi connectivity index (χ3v) is 5.77. The Bertz CT molecular complexity index is 1180. The zero-order valence-electron chi connectivity index (χ0n) is 18.0. The van der Waals surface area contributed by atoms with E-state index in [0.717, 1.165) is 48.7 Å². The van der Waals surface area contributed by atoms with Crippen molar-refractivity contribution >= 4 is 28.4 Å². The van der Waals surface area contributed by atoms with E-state index in [9.17, 15) is 5.11 Å². The molecule has 8 nitrogen and oxygen atoms in total. The van der Waals surface area contributed by atoms with Gasteiger partial charge in [0.1, 0.15) is 17.9 Å². The largest absolute Gasteiger partial charge is 0.504 e. The molecule has 2 N–H and O–H groups in total. The summed E-state index contributed by atoms with van der Waals surface area (Å²) in [6.45, 7) is 5.38. The maximum absolute atomic E-state index is 10.9. The average molecular weight is 434 g/mol. The fourth-order valence-corrected chi connectivity index (χ4v) is 4.08. The Balaban J connectivity index is 1.55. The van der Waals surface area contributed by atoms with Crippen molar-refractivity contribution in [3.63, 3.8) is 0 Å². The summed E-state index contributed by atoms with van der Waals surface area (Å²) in [5.74, 6) is 1.20. The number of rotatable bonds is 7. The van der Waals surface area contributed by atoms with Crippen molar-refractivity contribution in [2.45, 2.75) is 6.54 Å². The molecule has 1 fully saturated rings. The highest BCUT2D eigenvalue weighted by Gasteiger charge is 2.23. The minimum atomic E-state index is 0.0945. The standard InChI is InChI=1S/C24H26N4O4/c1-30-12-13-31-21-7-6-17-23(29)22(14-20-16-4-2-3-5-19(16)26-27-20)32-24(17)18(21)15-28-10-8-25-9-11-28/h2-7,14,25,29H,8-13,15H2,1H3. The first-order valence-electron chi connectivity index (χ1n) is 10.8. The van der Waals surface area contributed by atoms with Crippen molar-refractivity contribution in [1.82, 2.24) is 10.2 Å². The molecular weight excluding hydrogens is 408 g/mol. The highest BCUT2D eigenvalue weighted by Crippen LogP contribution is 2.42. The van der Waals surface area contributed by atoms with E-state index in [0.29, 0.717) is 42.2 Å². The molecule has 5 rings (SSSR count). The number of nitrogens with one attached hydrogen (secondary N) is 1. The van der Waals surface area contributed by atoms with E-state index in [4.69, 9.17) is 13.9 Å². The van der Waals surface area contributed by atoms with Crippen LogP contribution in [0.2, 0.25) is 0 Å². The van der Waals surface area contributed by atoms with Crippen molar-refractivity contribution in [3.8, 4) is 11.5 Å². The van der Waals surface area contributed by atoms with Crippen molar-refractivity contribution in [2.75, 3.05) is 46.5 Å². The predicted molar refractivity (Wildman–Crippen MR) is 122 cm³/mol. The van der Waals surface area contributed by atoms with Crippen molar-refractivity contribution < 1.29 is 19.0 Å². The smallest absolute Gasteiger partial charge is 0.172 e. The monoisotopic (exact) mass is 434 g/mol. The number of fused-ring (bicyclic) bond motifs is 2. The van der Waals surface area contributed by atoms with Gasteiger partial charge in [-0.2, -0.15) is 0 Å². The Hall–Kier alpha value is -3.20. The zero-order valence-corrected chi connectivity index (χ0v) is 18.0. The molecule has 0 unspecified atom stereocenters. The lowest BCUT2D eigenvalue weighted by molar-refractivity contribution is 0.144. The fraction of sp³-hybridized carbons (Fsp3) is 0.333. The minimum absolute atomic E-state index is 0.0945. The average Bonchev–Trinajstić information content (AvgIpc) is 3.37. The summed E-state index contributed by atoms with van der Waals surface area (Å²) in [5, 5.41) is 23.4. The SMILES string of the molecule is COCCOc1ccc2c(O)c(C=C3N=Nc4ccccc43)oc2c1CN1CCNCC1. The van der Waals surface area contributed by atoms with Crippen LogP contribution in [0.15, 0.2) is 51.0 Å². The van der Waals surface area contributed by atoms with Crippen LogP contribution < -0.4 is 10.1 Å². The first-order valence-corrected chi connectivity index (χ1v) is 10.8. The summed E-state index contributed by atoms with van der Waals surface area (Å²) in [4.78, 5) is 2.35. The molecule has 2 aromatic carbocycles. The Morgan fingerprint density at radius 2 is 1.97 bits per heavy atom. The van der Waals surface area contributed by atoms with Gasteiger partial charge in [-0.15, -0.1) is 10.2 Å². The molecule has 1 aromatic heterocycles. The normalized spacial score (nSPS) is 17.3. The van der Waals surface area contributed by atoms with Gasteiger partial charge in [0.2, 0.25) is 0 Å². The topological polar surface area (TPSA) is 91.8 Å². The molecular formula is C24H26N4O4. The van der Waals surface area contributed by atoms with E-state index in [1.165, 1.54) is 0 Å². The maximum atomic E-state index is 10.9. The lowest BCUT2D eigenvalue weighted by Crippen LogP contribution is -2.42. The number of methoxy groups -OCH3 is 1. The Morgan fingerprint density at radius 1 is 1.12 bits per heavy atom. The highest BCUT2D eigenvalue weighted by molar-refractivity contribution is 5.95. The van der Waals surface area contributed by atoms with Gasteiger partial charge in [-0.25, -0.2) is 0 Å². The first kappa shape index (κ1) is 20.7. The van der Waals surface area contributed by atoms with Crippen LogP contribution in [-0.2, 0) is 11.3 Å². The van der Waals surface area contributed by atoms with Gasteiger partial charge in [-0.1, -0.05) is 18.2 Å². The molecule has 8 heteroatoms. The van der Waals surface area contributed by atoms with Crippen LogP contribution in [-0.4, -0.2) is 56.5 Å². The molecule has 2 aliphatic heterocycles. The highest BCUT2D eigenvalue weighted by atomic mass is 16.5. The Labute approximate surface area is 186 Å². The van der Waals surface area contributed by atoms with Crippen LogP contribution in [0.25, 0.3) is 22.7 Å². The molecule has 0 amide bonds.